The third-order valence-electron chi connectivity index (χ3n) is 4.57. The number of halogens is 1. The highest BCUT2D eigenvalue weighted by Crippen LogP contribution is 2.45. The van der Waals surface area contributed by atoms with Gasteiger partial charge in [0.15, 0.2) is 0 Å². The number of thioether (sulfide) groups is 2. The molecule has 0 radical (unpaired) electrons. The second kappa shape index (κ2) is 10.4. The minimum Gasteiger partial charge on any atom is -0.355 e. The first-order chi connectivity index (χ1) is 12.2. The van der Waals surface area contributed by atoms with Crippen LogP contribution in [0.3, 0.4) is 0 Å². The normalized spacial score (nSPS) is 20.5. The van der Waals surface area contributed by atoms with E-state index in [0.717, 1.165) is 19.4 Å². The van der Waals surface area contributed by atoms with E-state index in [1.165, 1.54) is 17.1 Å². The maximum atomic E-state index is 12.8. The molecule has 0 bridgehead atoms. The molecule has 1 unspecified atom stereocenters. The van der Waals surface area contributed by atoms with Gasteiger partial charge in [-0.2, -0.15) is 0 Å². The number of hydrogen-bond donors (Lipinski definition) is 2. The Bertz CT molecular complexity index is 609. The van der Waals surface area contributed by atoms with E-state index >= 15 is 0 Å². The number of nitrogens with zero attached hydrogens (tertiary/aromatic N) is 1. The summed E-state index contributed by atoms with van der Waals surface area (Å²) in [5.41, 5.74) is 7.42. The predicted octanol–water partition coefficient (Wildman–Crippen LogP) is 2.51. The number of nitrogens with one attached hydrogen (secondary N) is 1. The second-order valence-corrected chi connectivity index (χ2v) is 9.09. The van der Waals surface area contributed by atoms with E-state index in [-0.39, 0.29) is 30.1 Å². The van der Waals surface area contributed by atoms with Crippen LogP contribution in [-0.2, 0) is 4.79 Å². The minimum absolute atomic E-state index is 0. The Morgan fingerprint density at radius 1 is 1.19 bits per heavy atom. The molecule has 2 aliphatic heterocycles. The molecule has 1 aromatic rings. The van der Waals surface area contributed by atoms with Crippen LogP contribution in [-0.4, -0.2) is 54.4 Å². The van der Waals surface area contributed by atoms with Crippen molar-refractivity contribution in [2.24, 2.45) is 11.7 Å². The molecule has 2 saturated heterocycles. The summed E-state index contributed by atoms with van der Waals surface area (Å²) in [6.45, 7) is 2.13. The highest BCUT2D eigenvalue weighted by Gasteiger charge is 2.29. The van der Waals surface area contributed by atoms with Crippen LogP contribution < -0.4 is 11.1 Å². The standard InChI is InChI=1S/C18H25N3O2S2.ClH/c19-7-8-20-16(22)15-2-1-9-21(12-15)17(23)13-3-5-14(6-4-13)18-24-10-11-25-18;/h3-6,15,18H,1-2,7-12,19H2,(H,20,22);1H. The smallest absolute Gasteiger partial charge is 0.253 e. The molecule has 2 amide bonds. The number of rotatable bonds is 5. The van der Waals surface area contributed by atoms with Gasteiger partial charge in [0, 0.05) is 43.2 Å². The number of amides is 2. The van der Waals surface area contributed by atoms with Gasteiger partial charge in [0.1, 0.15) is 0 Å². The molecule has 0 spiro atoms. The quantitative estimate of drug-likeness (QED) is 0.772. The van der Waals surface area contributed by atoms with Crippen LogP contribution in [0.25, 0.3) is 0 Å². The molecule has 0 saturated carbocycles. The van der Waals surface area contributed by atoms with E-state index in [1.54, 1.807) is 0 Å². The number of hydrogen-bond acceptors (Lipinski definition) is 5. The lowest BCUT2D eigenvalue weighted by Gasteiger charge is -2.32. The first-order valence-corrected chi connectivity index (χ1v) is 10.9. The summed E-state index contributed by atoms with van der Waals surface area (Å²) in [4.78, 5) is 26.7. The van der Waals surface area contributed by atoms with Crippen LogP contribution in [0, 0.1) is 5.92 Å². The molecular weight excluding hydrogens is 390 g/mol. The van der Waals surface area contributed by atoms with Crippen molar-refractivity contribution in [3.05, 3.63) is 35.4 Å². The van der Waals surface area contributed by atoms with E-state index in [4.69, 9.17) is 5.73 Å². The van der Waals surface area contributed by atoms with Crippen molar-refractivity contribution in [1.29, 1.82) is 0 Å². The fourth-order valence-corrected chi connectivity index (χ4v) is 6.09. The Kier molecular flexibility index (Phi) is 8.60. The monoisotopic (exact) mass is 415 g/mol. The zero-order chi connectivity index (χ0) is 17.6. The highest BCUT2D eigenvalue weighted by molar-refractivity contribution is 8.19. The first kappa shape index (κ1) is 21.4. The molecule has 2 aliphatic rings. The van der Waals surface area contributed by atoms with E-state index in [2.05, 4.69) is 17.4 Å². The van der Waals surface area contributed by atoms with Gasteiger partial charge in [-0.25, -0.2) is 0 Å². The molecule has 3 N–H and O–H groups in total. The summed E-state index contributed by atoms with van der Waals surface area (Å²) in [6.07, 6.45) is 1.69. The van der Waals surface area contributed by atoms with Gasteiger partial charge in [-0.1, -0.05) is 12.1 Å². The predicted molar refractivity (Wildman–Crippen MR) is 112 cm³/mol. The highest BCUT2D eigenvalue weighted by atomic mass is 35.5. The summed E-state index contributed by atoms with van der Waals surface area (Å²) in [5.74, 6) is 2.28. The molecule has 8 heteroatoms. The van der Waals surface area contributed by atoms with Crippen LogP contribution in [0.1, 0.15) is 33.3 Å². The van der Waals surface area contributed by atoms with Crippen molar-refractivity contribution in [1.82, 2.24) is 10.2 Å². The lowest BCUT2D eigenvalue weighted by molar-refractivity contribution is -0.126. The van der Waals surface area contributed by atoms with E-state index in [9.17, 15) is 9.59 Å². The number of carbonyl (C=O) groups excluding carboxylic acids is 2. The Balaban J connectivity index is 0.00000243. The number of benzene rings is 1. The minimum atomic E-state index is -0.130. The zero-order valence-corrected chi connectivity index (χ0v) is 17.1. The molecule has 26 heavy (non-hydrogen) atoms. The zero-order valence-electron chi connectivity index (χ0n) is 14.7. The van der Waals surface area contributed by atoms with Gasteiger partial charge in [0.2, 0.25) is 5.91 Å². The molecule has 3 rings (SSSR count). The van der Waals surface area contributed by atoms with E-state index < -0.39 is 0 Å². The van der Waals surface area contributed by atoms with Crippen molar-refractivity contribution in [3.8, 4) is 0 Å². The lowest BCUT2D eigenvalue weighted by Crippen LogP contribution is -2.46. The van der Waals surface area contributed by atoms with Gasteiger partial charge in [0.05, 0.1) is 10.5 Å². The van der Waals surface area contributed by atoms with Crippen LogP contribution in [0.2, 0.25) is 0 Å². The van der Waals surface area contributed by atoms with Crippen molar-refractivity contribution in [3.63, 3.8) is 0 Å². The van der Waals surface area contributed by atoms with E-state index in [0.29, 0.717) is 29.8 Å². The van der Waals surface area contributed by atoms with Gasteiger partial charge in [-0.15, -0.1) is 35.9 Å². The number of piperidine rings is 1. The molecule has 0 aliphatic carbocycles. The fraction of sp³-hybridized carbons (Fsp3) is 0.556. The van der Waals surface area contributed by atoms with Crippen molar-refractivity contribution >= 4 is 47.7 Å². The molecule has 2 fully saturated rings. The Morgan fingerprint density at radius 2 is 1.88 bits per heavy atom. The van der Waals surface area contributed by atoms with E-state index in [1.807, 2.05) is 40.6 Å². The lowest BCUT2D eigenvalue weighted by atomic mass is 9.96. The fourth-order valence-electron chi connectivity index (χ4n) is 3.23. The average molecular weight is 416 g/mol. The van der Waals surface area contributed by atoms with Crippen molar-refractivity contribution in [2.75, 3.05) is 37.7 Å². The van der Waals surface area contributed by atoms with Gasteiger partial charge < -0.3 is 16.0 Å². The van der Waals surface area contributed by atoms with Gasteiger partial charge in [-0.05, 0) is 30.5 Å². The second-order valence-electron chi connectivity index (χ2n) is 6.37. The van der Waals surface area contributed by atoms with Crippen molar-refractivity contribution in [2.45, 2.75) is 17.4 Å². The largest absolute Gasteiger partial charge is 0.355 e. The molecule has 1 atom stereocenters. The summed E-state index contributed by atoms with van der Waals surface area (Å²) < 4.78 is 0.495. The van der Waals surface area contributed by atoms with Gasteiger partial charge >= 0.3 is 0 Å². The number of likely N-dealkylation sites (tertiary alicyclic amines) is 1. The molecule has 144 valence electrons. The molecular formula is C18H26ClN3O2S2. The number of nitrogens with two attached hydrogens (primary N) is 1. The van der Waals surface area contributed by atoms with Gasteiger partial charge in [0.25, 0.3) is 5.91 Å². The SMILES string of the molecule is Cl.NCCNC(=O)C1CCCN(C(=O)c2ccc(C3SCCS3)cc2)C1. The Hall–Kier alpha value is -0.890. The van der Waals surface area contributed by atoms with Crippen LogP contribution in [0.4, 0.5) is 0 Å². The molecule has 0 aromatic heterocycles. The average Bonchev–Trinajstić information content (AvgIpc) is 3.20. The van der Waals surface area contributed by atoms with Gasteiger partial charge in [-0.3, -0.25) is 9.59 Å². The van der Waals surface area contributed by atoms with Crippen LogP contribution in [0.15, 0.2) is 24.3 Å². The van der Waals surface area contributed by atoms with Crippen LogP contribution in [0.5, 0.6) is 0 Å². The summed E-state index contributed by atoms with van der Waals surface area (Å²) in [5, 5.41) is 2.83. The summed E-state index contributed by atoms with van der Waals surface area (Å²) in [7, 11) is 0. The van der Waals surface area contributed by atoms with Crippen LogP contribution >= 0.6 is 35.9 Å². The molecule has 1 aromatic carbocycles. The molecule has 2 heterocycles. The third-order valence-corrected chi connectivity index (χ3v) is 7.68. The first-order valence-electron chi connectivity index (χ1n) is 8.79. The Labute approximate surface area is 169 Å². The van der Waals surface area contributed by atoms with Crippen molar-refractivity contribution < 1.29 is 9.59 Å². The topological polar surface area (TPSA) is 75.4 Å². The third kappa shape index (κ3) is 5.31. The molecule has 5 nitrogen and oxygen atoms in total. The maximum absolute atomic E-state index is 12.8. The Morgan fingerprint density at radius 3 is 2.54 bits per heavy atom. The maximum Gasteiger partial charge on any atom is 0.253 e. The summed E-state index contributed by atoms with van der Waals surface area (Å²) in [6, 6.07) is 7.99. The summed E-state index contributed by atoms with van der Waals surface area (Å²) >= 11 is 3.92. The number of carbonyl (C=O) groups is 2.